The zero-order chi connectivity index (χ0) is 22.5. The second kappa shape index (κ2) is 20.9. The molecular formula is C24H46N2O4. The molecule has 0 saturated heterocycles. The number of carboxylic acids is 1. The van der Waals surface area contributed by atoms with E-state index in [1.165, 1.54) is 44.9 Å². The van der Waals surface area contributed by atoms with Gasteiger partial charge in [0.05, 0.1) is 0 Å². The summed E-state index contributed by atoms with van der Waals surface area (Å²) in [6, 6.07) is -0.776. The molecule has 0 rings (SSSR count). The van der Waals surface area contributed by atoms with Crippen LogP contribution < -0.4 is 11.5 Å². The van der Waals surface area contributed by atoms with Crippen molar-refractivity contribution in [1.82, 2.24) is 0 Å². The lowest BCUT2D eigenvalue weighted by atomic mass is 10.1. The number of carboxylic acid groups (broad SMARTS) is 1. The Kier molecular flexibility index (Phi) is 19.9. The van der Waals surface area contributed by atoms with Crippen molar-refractivity contribution >= 4 is 11.9 Å². The fourth-order valence-corrected chi connectivity index (χ4v) is 3.31. The van der Waals surface area contributed by atoms with Crippen LogP contribution in [0.1, 0.15) is 110 Å². The third-order valence-electron chi connectivity index (χ3n) is 5.28. The van der Waals surface area contributed by atoms with Gasteiger partial charge >= 0.3 is 11.9 Å². The molecule has 6 heteroatoms. The van der Waals surface area contributed by atoms with Crippen LogP contribution in [-0.4, -0.2) is 35.7 Å². The molecular weight excluding hydrogens is 380 g/mol. The maximum Gasteiger partial charge on any atom is 0.345 e. The number of carbonyl (C=O) groups is 2. The molecule has 0 fully saturated rings. The van der Waals surface area contributed by atoms with Gasteiger partial charge in [-0.05, 0) is 57.9 Å². The Morgan fingerprint density at radius 3 is 1.93 bits per heavy atom. The van der Waals surface area contributed by atoms with E-state index in [9.17, 15) is 14.7 Å². The van der Waals surface area contributed by atoms with Crippen LogP contribution in [0.3, 0.4) is 0 Å². The lowest BCUT2D eigenvalue weighted by Gasteiger charge is -2.17. The van der Waals surface area contributed by atoms with Crippen LogP contribution in [0.25, 0.3) is 0 Å². The SMILES string of the molecule is CCCCCCCC/C=C/CCCCCCC(OC(=O)C(N)CCCCN)C(=O)O. The lowest BCUT2D eigenvalue weighted by Crippen LogP contribution is -2.37. The number of carbonyl (C=O) groups excluding carboxylic acids is 1. The quantitative estimate of drug-likeness (QED) is 0.134. The molecule has 2 atom stereocenters. The van der Waals surface area contributed by atoms with Gasteiger partial charge in [-0.25, -0.2) is 4.79 Å². The molecule has 0 aliphatic rings. The topological polar surface area (TPSA) is 116 Å². The third-order valence-corrected chi connectivity index (χ3v) is 5.28. The van der Waals surface area contributed by atoms with Gasteiger partial charge in [0.2, 0.25) is 0 Å². The Balaban J connectivity index is 3.75. The molecule has 5 N–H and O–H groups in total. The Morgan fingerprint density at radius 2 is 1.37 bits per heavy atom. The van der Waals surface area contributed by atoms with E-state index >= 15 is 0 Å². The molecule has 0 radical (unpaired) electrons. The molecule has 0 bridgehead atoms. The molecule has 176 valence electrons. The number of nitrogens with two attached hydrogens (primary N) is 2. The first-order chi connectivity index (χ1) is 14.5. The molecule has 0 aromatic carbocycles. The van der Waals surface area contributed by atoms with E-state index in [4.69, 9.17) is 16.2 Å². The highest BCUT2D eigenvalue weighted by molar-refractivity contribution is 5.80. The Bertz CT molecular complexity index is 454. The van der Waals surface area contributed by atoms with Crippen LogP contribution in [0.15, 0.2) is 12.2 Å². The highest BCUT2D eigenvalue weighted by Crippen LogP contribution is 2.12. The predicted octanol–water partition coefficient (Wildman–Crippen LogP) is 5.09. The van der Waals surface area contributed by atoms with E-state index in [2.05, 4.69) is 19.1 Å². The molecule has 0 aliphatic heterocycles. The first kappa shape index (κ1) is 28.6. The van der Waals surface area contributed by atoms with Gasteiger partial charge in [0.15, 0.2) is 6.10 Å². The van der Waals surface area contributed by atoms with Crippen LogP contribution in [0.4, 0.5) is 0 Å². The molecule has 0 aromatic heterocycles. The summed E-state index contributed by atoms with van der Waals surface area (Å²) in [5.74, 6) is -1.73. The standard InChI is InChI=1S/C24H46N2O4/c1-2-3-4-5-6-7-8-9-10-11-12-13-14-15-19-22(23(27)28)30-24(29)21(26)18-16-17-20-25/h9-10,21-22H,2-8,11-20,25-26H2,1H3,(H,27,28)/b10-9+. The Morgan fingerprint density at radius 1 is 0.833 bits per heavy atom. The number of aliphatic carboxylic acids is 1. The predicted molar refractivity (Wildman–Crippen MR) is 123 cm³/mol. The summed E-state index contributed by atoms with van der Waals surface area (Å²) in [4.78, 5) is 23.3. The number of hydrogen-bond donors (Lipinski definition) is 3. The average molecular weight is 427 g/mol. The van der Waals surface area contributed by atoms with Crippen LogP contribution in [-0.2, 0) is 14.3 Å². The molecule has 0 saturated carbocycles. The normalized spacial score (nSPS) is 13.4. The van der Waals surface area contributed by atoms with Crippen molar-refractivity contribution in [2.75, 3.05) is 6.54 Å². The lowest BCUT2D eigenvalue weighted by molar-refractivity contribution is -0.165. The fourth-order valence-electron chi connectivity index (χ4n) is 3.31. The Labute approximate surface area is 183 Å². The fraction of sp³-hybridized carbons (Fsp3) is 0.833. The summed E-state index contributed by atoms with van der Waals surface area (Å²) in [6.07, 6.45) is 19.8. The maximum absolute atomic E-state index is 12.0. The van der Waals surface area contributed by atoms with Gasteiger partial charge in [-0.3, -0.25) is 4.79 Å². The molecule has 0 heterocycles. The number of esters is 1. The van der Waals surface area contributed by atoms with Crippen LogP contribution in [0, 0.1) is 0 Å². The Hall–Kier alpha value is -1.40. The van der Waals surface area contributed by atoms with Gasteiger partial charge in [0.1, 0.15) is 6.04 Å². The largest absolute Gasteiger partial charge is 0.479 e. The zero-order valence-electron chi connectivity index (χ0n) is 19.2. The summed E-state index contributed by atoms with van der Waals surface area (Å²) >= 11 is 0. The smallest absolute Gasteiger partial charge is 0.345 e. The van der Waals surface area contributed by atoms with Crippen molar-refractivity contribution in [3.8, 4) is 0 Å². The molecule has 2 unspecified atom stereocenters. The minimum atomic E-state index is -1.10. The summed E-state index contributed by atoms with van der Waals surface area (Å²) in [5, 5.41) is 9.28. The van der Waals surface area contributed by atoms with E-state index in [1.54, 1.807) is 0 Å². The van der Waals surface area contributed by atoms with Crippen molar-refractivity contribution in [3.05, 3.63) is 12.2 Å². The molecule has 30 heavy (non-hydrogen) atoms. The summed E-state index contributed by atoms with van der Waals surface area (Å²) in [7, 11) is 0. The van der Waals surface area contributed by atoms with Gasteiger partial charge in [0, 0.05) is 0 Å². The summed E-state index contributed by atoms with van der Waals surface area (Å²) < 4.78 is 5.11. The first-order valence-corrected chi connectivity index (χ1v) is 12.1. The zero-order valence-corrected chi connectivity index (χ0v) is 19.2. The molecule has 0 aliphatic carbocycles. The molecule has 0 spiro atoms. The van der Waals surface area contributed by atoms with Crippen LogP contribution in [0.2, 0.25) is 0 Å². The van der Waals surface area contributed by atoms with E-state index in [0.717, 1.165) is 44.9 Å². The minimum Gasteiger partial charge on any atom is -0.479 e. The molecule has 0 aromatic rings. The maximum atomic E-state index is 12.0. The van der Waals surface area contributed by atoms with Crippen LogP contribution in [0.5, 0.6) is 0 Å². The third kappa shape index (κ3) is 17.5. The second-order valence-corrected chi connectivity index (χ2v) is 8.17. The van der Waals surface area contributed by atoms with Crippen molar-refractivity contribution < 1.29 is 19.4 Å². The van der Waals surface area contributed by atoms with E-state index in [-0.39, 0.29) is 0 Å². The van der Waals surface area contributed by atoms with Crippen LogP contribution >= 0.6 is 0 Å². The van der Waals surface area contributed by atoms with Gasteiger partial charge in [-0.1, -0.05) is 70.4 Å². The van der Waals surface area contributed by atoms with Gasteiger partial charge in [-0.15, -0.1) is 0 Å². The van der Waals surface area contributed by atoms with Gasteiger partial charge in [-0.2, -0.15) is 0 Å². The molecule has 0 amide bonds. The number of ether oxygens (including phenoxy) is 1. The highest BCUT2D eigenvalue weighted by atomic mass is 16.6. The number of hydrogen-bond acceptors (Lipinski definition) is 5. The number of allylic oxidation sites excluding steroid dienone is 2. The van der Waals surface area contributed by atoms with Crippen molar-refractivity contribution in [1.29, 1.82) is 0 Å². The van der Waals surface area contributed by atoms with Gasteiger partial charge < -0.3 is 21.3 Å². The van der Waals surface area contributed by atoms with E-state index in [0.29, 0.717) is 19.4 Å². The van der Waals surface area contributed by atoms with E-state index < -0.39 is 24.1 Å². The highest BCUT2D eigenvalue weighted by Gasteiger charge is 2.24. The van der Waals surface area contributed by atoms with E-state index in [1.807, 2.05) is 0 Å². The summed E-state index contributed by atoms with van der Waals surface area (Å²) in [5.41, 5.74) is 11.2. The minimum absolute atomic E-state index is 0.338. The van der Waals surface area contributed by atoms with Gasteiger partial charge in [0.25, 0.3) is 0 Å². The molecule has 6 nitrogen and oxygen atoms in total. The van der Waals surface area contributed by atoms with Crippen molar-refractivity contribution in [2.45, 2.75) is 122 Å². The number of unbranched alkanes of at least 4 members (excludes halogenated alkanes) is 11. The van der Waals surface area contributed by atoms with Crippen molar-refractivity contribution in [2.24, 2.45) is 11.5 Å². The summed E-state index contributed by atoms with van der Waals surface area (Å²) in [6.45, 7) is 2.79. The first-order valence-electron chi connectivity index (χ1n) is 12.1. The monoisotopic (exact) mass is 426 g/mol. The average Bonchev–Trinajstić information content (AvgIpc) is 2.72. The second-order valence-electron chi connectivity index (χ2n) is 8.17. The number of rotatable bonds is 21. The van der Waals surface area contributed by atoms with Crippen molar-refractivity contribution in [3.63, 3.8) is 0 Å².